The predicted molar refractivity (Wildman–Crippen MR) is 217 cm³/mol. The van der Waals surface area contributed by atoms with Crippen LogP contribution in [0, 0.1) is 0 Å². The van der Waals surface area contributed by atoms with E-state index in [1.165, 1.54) is 44.5 Å². The second-order valence-corrected chi connectivity index (χ2v) is 14.3. The molecule has 2 aliphatic carbocycles. The molecule has 0 saturated heterocycles. The minimum absolute atomic E-state index is 0.405. The van der Waals surface area contributed by atoms with Crippen molar-refractivity contribution in [3.05, 3.63) is 198 Å². The van der Waals surface area contributed by atoms with Gasteiger partial charge < -0.3 is 4.42 Å². The van der Waals surface area contributed by atoms with Crippen molar-refractivity contribution < 1.29 is 4.42 Å². The van der Waals surface area contributed by atoms with Crippen molar-refractivity contribution in [1.82, 2.24) is 15.0 Å². The highest BCUT2D eigenvalue weighted by Gasteiger charge is 2.51. The summed E-state index contributed by atoms with van der Waals surface area (Å²) in [5, 5.41) is 4.23. The molecule has 2 aliphatic rings. The van der Waals surface area contributed by atoms with E-state index in [-0.39, 0.29) is 0 Å². The molecule has 1 spiro atoms. The highest BCUT2D eigenvalue weighted by molar-refractivity contribution is 6.18. The summed E-state index contributed by atoms with van der Waals surface area (Å²) in [6, 6.07) is 62.5. The Morgan fingerprint density at radius 1 is 0.370 bits per heavy atom. The van der Waals surface area contributed by atoms with Crippen molar-refractivity contribution in [1.29, 1.82) is 0 Å². The number of nitrogens with zero attached hydrogens (tertiary/aromatic N) is 3. The fourth-order valence-electron chi connectivity index (χ4n) is 9.32. The molecule has 10 aromatic rings. The molecule has 54 heavy (non-hydrogen) atoms. The third kappa shape index (κ3) is 3.89. The number of benzene rings is 8. The van der Waals surface area contributed by atoms with E-state index >= 15 is 0 Å². The number of hydrogen-bond acceptors (Lipinski definition) is 4. The Bertz CT molecular complexity index is 3130. The Morgan fingerprint density at radius 2 is 0.944 bits per heavy atom. The highest BCUT2D eigenvalue weighted by atomic mass is 16.3. The number of fused-ring (bicyclic) bond motifs is 15. The van der Waals surface area contributed by atoms with Gasteiger partial charge in [0.25, 0.3) is 0 Å². The fourth-order valence-corrected chi connectivity index (χ4v) is 9.32. The lowest BCUT2D eigenvalue weighted by molar-refractivity contribution is 0.672. The molecule has 4 nitrogen and oxygen atoms in total. The van der Waals surface area contributed by atoms with Gasteiger partial charge in [0.1, 0.15) is 11.2 Å². The van der Waals surface area contributed by atoms with Crippen molar-refractivity contribution in [3.8, 4) is 56.4 Å². The van der Waals surface area contributed by atoms with Crippen molar-refractivity contribution in [2.24, 2.45) is 0 Å². The number of rotatable bonds is 3. The molecule has 250 valence electrons. The van der Waals surface area contributed by atoms with Crippen LogP contribution in [0.4, 0.5) is 0 Å². The molecular formula is C50H29N3O. The van der Waals surface area contributed by atoms with E-state index in [0.29, 0.717) is 17.5 Å². The van der Waals surface area contributed by atoms with Gasteiger partial charge in [-0.1, -0.05) is 158 Å². The van der Waals surface area contributed by atoms with E-state index in [0.717, 1.165) is 49.4 Å². The molecule has 12 rings (SSSR count). The first-order chi connectivity index (χ1) is 26.8. The topological polar surface area (TPSA) is 51.8 Å². The highest BCUT2D eigenvalue weighted by Crippen LogP contribution is 2.62. The van der Waals surface area contributed by atoms with Crippen molar-refractivity contribution in [2.45, 2.75) is 5.41 Å². The predicted octanol–water partition coefficient (Wildman–Crippen LogP) is 12.3. The van der Waals surface area contributed by atoms with Crippen LogP contribution in [-0.4, -0.2) is 15.0 Å². The summed E-state index contributed by atoms with van der Waals surface area (Å²) in [7, 11) is 0. The van der Waals surface area contributed by atoms with Gasteiger partial charge in [-0.15, -0.1) is 0 Å². The van der Waals surface area contributed by atoms with Crippen molar-refractivity contribution >= 4 is 32.7 Å². The molecule has 0 atom stereocenters. The normalized spacial score (nSPS) is 13.3. The molecule has 8 aromatic carbocycles. The summed E-state index contributed by atoms with van der Waals surface area (Å²) in [6.07, 6.45) is 0. The van der Waals surface area contributed by atoms with E-state index in [2.05, 4.69) is 146 Å². The minimum atomic E-state index is -0.405. The smallest absolute Gasteiger partial charge is 0.164 e. The minimum Gasteiger partial charge on any atom is -0.455 e. The number of para-hydroxylation sites is 1. The van der Waals surface area contributed by atoms with Crippen LogP contribution in [-0.2, 0) is 5.41 Å². The van der Waals surface area contributed by atoms with Crippen LogP contribution in [0.2, 0.25) is 0 Å². The first kappa shape index (κ1) is 29.4. The quantitative estimate of drug-likeness (QED) is 0.185. The van der Waals surface area contributed by atoms with Crippen LogP contribution in [0.15, 0.2) is 180 Å². The average Bonchev–Trinajstić information content (AvgIpc) is 3.88. The maximum atomic E-state index is 6.57. The summed E-state index contributed by atoms with van der Waals surface area (Å²) < 4.78 is 6.57. The van der Waals surface area contributed by atoms with Gasteiger partial charge in [-0.2, -0.15) is 0 Å². The van der Waals surface area contributed by atoms with Crippen LogP contribution in [0.3, 0.4) is 0 Å². The van der Waals surface area contributed by atoms with Crippen molar-refractivity contribution in [2.75, 3.05) is 0 Å². The van der Waals surface area contributed by atoms with Gasteiger partial charge in [0.2, 0.25) is 0 Å². The van der Waals surface area contributed by atoms with Gasteiger partial charge in [0.15, 0.2) is 17.5 Å². The number of aromatic nitrogens is 3. The zero-order valence-corrected chi connectivity index (χ0v) is 29.0. The van der Waals surface area contributed by atoms with Gasteiger partial charge in [-0.25, -0.2) is 15.0 Å². The molecule has 2 aromatic heterocycles. The molecule has 0 radical (unpaired) electrons. The lowest BCUT2D eigenvalue weighted by Crippen LogP contribution is -2.25. The Balaban J connectivity index is 1.11. The third-order valence-electron chi connectivity index (χ3n) is 11.6. The Labute approximate surface area is 311 Å². The maximum Gasteiger partial charge on any atom is 0.164 e. The fraction of sp³-hybridized carbons (Fsp3) is 0.0200. The van der Waals surface area contributed by atoms with E-state index in [1.54, 1.807) is 0 Å². The average molecular weight is 688 g/mol. The molecule has 0 unspecified atom stereocenters. The molecule has 4 heteroatoms. The standard InChI is InChI=1S/C50H29N3O/c1-2-13-31(14-3-1)47-51-48(53-49(52-47)38-20-12-15-30-25-27-37-36-19-7-11-24-44(36)54-46(37)45(30)38)32-26-28-43-39(29-32)35-18-6-10-23-42(35)50(43)40-21-8-4-16-33(40)34-17-5-9-22-41(34)50/h1-29H. The van der Waals surface area contributed by atoms with Crippen LogP contribution in [0.5, 0.6) is 0 Å². The lowest BCUT2D eigenvalue weighted by Gasteiger charge is -2.30. The first-order valence-corrected chi connectivity index (χ1v) is 18.4. The van der Waals surface area contributed by atoms with E-state index in [1.807, 2.05) is 30.3 Å². The van der Waals surface area contributed by atoms with Gasteiger partial charge >= 0.3 is 0 Å². The Morgan fingerprint density at radius 3 is 1.69 bits per heavy atom. The first-order valence-electron chi connectivity index (χ1n) is 18.4. The molecular weight excluding hydrogens is 659 g/mol. The molecule has 0 fully saturated rings. The van der Waals surface area contributed by atoms with Gasteiger partial charge in [-0.3, -0.25) is 0 Å². The number of hydrogen-bond donors (Lipinski definition) is 0. The summed E-state index contributed by atoms with van der Waals surface area (Å²) >= 11 is 0. The molecule has 0 bridgehead atoms. The van der Waals surface area contributed by atoms with Crippen LogP contribution in [0.1, 0.15) is 22.3 Å². The van der Waals surface area contributed by atoms with Crippen LogP contribution in [0.25, 0.3) is 89.1 Å². The van der Waals surface area contributed by atoms with Crippen LogP contribution >= 0.6 is 0 Å². The maximum absolute atomic E-state index is 6.57. The van der Waals surface area contributed by atoms with Gasteiger partial charge in [-0.05, 0) is 68.1 Å². The van der Waals surface area contributed by atoms with E-state index in [4.69, 9.17) is 19.4 Å². The zero-order chi connectivity index (χ0) is 35.4. The summed E-state index contributed by atoms with van der Waals surface area (Å²) in [4.78, 5) is 15.6. The summed E-state index contributed by atoms with van der Waals surface area (Å²) in [5.74, 6) is 1.86. The Hall–Kier alpha value is -7.17. The summed E-state index contributed by atoms with van der Waals surface area (Å²) in [5.41, 5.74) is 14.3. The SMILES string of the molecule is c1ccc(-c2nc(-c3ccc4c(c3)-c3ccccc3C43c4ccccc4-c4ccccc43)nc(-c3cccc4ccc5c6ccccc6oc5c34)n2)cc1. The molecule has 2 heterocycles. The Kier molecular flexibility index (Phi) is 5.95. The molecule has 0 N–H and O–H groups in total. The monoisotopic (exact) mass is 687 g/mol. The second kappa shape index (κ2) is 10.9. The summed E-state index contributed by atoms with van der Waals surface area (Å²) in [6.45, 7) is 0. The molecule has 0 aliphatic heterocycles. The number of furan rings is 1. The van der Waals surface area contributed by atoms with Crippen molar-refractivity contribution in [3.63, 3.8) is 0 Å². The second-order valence-electron chi connectivity index (χ2n) is 14.3. The van der Waals surface area contributed by atoms with Gasteiger partial charge in [0.05, 0.1) is 5.41 Å². The third-order valence-corrected chi connectivity index (χ3v) is 11.6. The zero-order valence-electron chi connectivity index (χ0n) is 29.0. The molecule has 0 saturated carbocycles. The molecule has 0 amide bonds. The van der Waals surface area contributed by atoms with E-state index in [9.17, 15) is 0 Å². The lowest BCUT2D eigenvalue weighted by atomic mass is 9.70. The van der Waals surface area contributed by atoms with E-state index < -0.39 is 5.41 Å². The largest absolute Gasteiger partial charge is 0.455 e. The van der Waals surface area contributed by atoms with Gasteiger partial charge in [0, 0.05) is 32.8 Å². The van der Waals surface area contributed by atoms with Crippen LogP contribution < -0.4 is 0 Å².